The Bertz CT molecular complexity index is 425. The zero-order chi connectivity index (χ0) is 14.3. The molecule has 2 amide bonds. The Morgan fingerprint density at radius 2 is 2.25 bits per heavy atom. The molecule has 0 aromatic heterocycles. The topological polar surface area (TPSA) is 69.6 Å². The lowest BCUT2D eigenvalue weighted by Gasteiger charge is -2.23. The quantitative estimate of drug-likeness (QED) is 0.828. The van der Waals surface area contributed by atoms with Crippen LogP contribution in [-0.2, 0) is 4.79 Å². The van der Waals surface area contributed by atoms with E-state index in [1.165, 1.54) is 6.42 Å². The van der Waals surface area contributed by atoms with Gasteiger partial charge >= 0.3 is 12.0 Å². The van der Waals surface area contributed by atoms with Gasteiger partial charge < -0.3 is 15.3 Å². The van der Waals surface area contributed by atoms with Gasteiger partial charge in [-0.3, -0.25) is 4.79 Å². The molecule has 5 heteroatoms. The molecule has 3 fully saturated rings. The summed E-state index contributed by atoms with van der Waals surface area (Å²) in [6.07, 6.45) is 6.06. The number of rotatable bonds is 4. The van der Waals surface area contributed by atoms with Crippen LogP contribution in [0.1, 0.15) is 45.4 Å². The number of carboxylic acids is 1. The zero-order valence-electron chi connectivity index (χ0n) is 12.1. The first-order valence-electron chi connectivity index (χ1n) is 7.85. The molecule has 2 unspecified atom stereocenters. The van der Waals surface area contributed by atoms with Crippen molar-refractivity contribution in [2.45, 2.75) is 51.5 Å². The fourth-order valence-electron chi connectivity index (χ4n) is 4.16. The number of likely N-dealkylation sites (tertiary alicyclic amines) is 1. The molecule has 3 rings (SSSR count). The molecular formula is C15H24N2O3. The molecule has 1 saturated heterocycles. The average Bonchev–Trinajstić information content (AvgIpc) is 2.85. The molecule has 0 aromatic rings. The number of hydrogen-bond acceptors (Lipinski definition) is 2. The van der Waals surface area contributed by atoms with Gasteiger partial charge in [-0.2, -0.15) is 0 Å². The van der Waals surface area contributed by atoms with Gasteiger partial charge in [0.05, 0.1) is 5.41 Å². The van der Waals surface area contributed by atoms with E-state index in [0.29, 0.717) is 25.0 Å². The van der Waals surface area contributed by atoms with Gasteiger partial charge in [-0.15, -0.1) is 0 Å². The first-order valence-corrected chi connectivity index (χ1v) is 7.85. The summed E-state index contributed by atoms with van der Waals surface area (Å²) in [5, 5.41) is 12.6. The van der Waals surface area contributed by atoms with Crippen molar-refractivity contribution in [2.75, 3.05) is 13.1 Å². The van der Waals surface area contributed by atoms with E-state index in [-0.39, 0.29) is 11.9 Å². The Balaban J connectivity index is 1.57. The number of carbonyl (C=O) groups excluding carboxylic acids is 1. The summed E-state index contributed by atoms with van der Waals surface area (Å²) in [5.74, 6) is 0.0708. The highest BCUT2D eigenvalue weighted by atomic mass is 16.4. The normalized spacial score (nSPS) is 38.6. The predicted molar refractivity (Wildman–Crippen MR) is 74.3 cm³/mol. The molecule has 2 saturated carbocycles. The first kappa shape index (κ1) is 13.7. The van der Waals surface area contributed by atoms with E-state index in [2.05, 4.69) is 12.2 Å². The molecule has 2 N–H and O–H groups in total. The Labute approximate surface area is 119 Å². The van der Waals surface area contributed by atoms with Crippen LogP contribution in [0.4, 0.5) is 4.79 Å². The van der Waals surface area contributed by atoms with Crippen molar-refractivity contribution in [1.29, 1.82) is 0 Å². The maximum absolute atomic E-state index is 12.3. The lowest BCUT2D eigenvalue weighted by atomic mass is 9.81. The third-order valence-corrected chi connectivity index (χ3v) is 5.47. The molecule has 20 heavy (non-hydrogen) atoms. The van der Waals surface area contributed by atoms with Crippen molar-refractivity contribution < 1.29 is 14.7 Å². The van der Waals surface area contributed by atoms with Gasteiger partial charge in [0.2, 0.25) is 0 Å². The number of nitrogens with zero attached hydrogens (tertiary/aromatic N) is 1. The van der Waals surface area contributed by atoms with E-state index >= 15 is 0 Å². The lowest BCUT2D eigenvalue weighted by molar-refractivity contribution is -0.149. The van der Waals surface area contributed by atoms with E-state index in [9.17, 15) is 14.7 Å². The van der Waals surface area contributed by atoms with Gasteiger partial charge in [-0.1, -0.05) is 19.8 Å². The second-order valence-electron chi connectivity index (χ2n) is 6.77. The van der Waals surface area contributed by atoms with Crippen LogP contribution in [0.25, 0.3) is 0 Å². The predicted octanol–water partition coefficient (Wildman–Crippen LogP) is 2.07. The van der Waals surface area contributed by atoms with Crippen LogP contribution in [-0.4, -0.2) is 41.1 Å². The number of urea groups is 1. The van der Waals surface area contributed by atoms with Gasteiger partial charge in [0.25, 0.3) is 0 Å². The molecule has 0 spiro atoms. The highest BCUT2D eigenvalue weighted by Crippen LogP contribution is 2.49. The molecule has 2 aliphatic carbocycles. The summed E-state index contributed by atoms with van der Waals surface area (Å²) >= 11 is 0. The van der Waals surface area contributed by atoms with Crippen LogP contribution in [0.5, 0.6) is 0 Å². The van der Waals surface area contributed by atoms with Crippen molar-refractivity contribution in [1.82, 2.24) is 10.2 Å². The molecule has 4 atom stereocenters. The standard InChI is InChI=1S/C15H24N2O3/c1-2-4-10-7-12(10)16-14(20)17-8-11-5-3-6-15(11,9-17)13(18)19/h10-12H,2-9H2,1H3,(H,16,20)(H,18,19)/t10?,11-,12?,15+/m0/s1. The van der Waals surface area contributed by atoms with Crippen molar-refractivity contribution in [3.63, 3.8) is 0 Å². The van der Waals surface area contributed by atoms with Gasteiger partial charge in [-0.05, 0) is 37.5 Å². The second kappa shape index (κ2) is 4.93. The van der Waals surface area contributed by atoms with Crippen LogP contribution in [0.15, 0.2) is 0 Å². The minimum absolute atomic E-state index is 0.0522. The van der Waals surface area contributed by atoms with Crippen LogP contribution in [0, 0.1) is 17.3 Å². The smallest absolute Gasteiger partial charge is 0.317 e. The Morgan fingerprint density at radius 1 is 1.45 bits per heavy atom. The van der Waals surface area contributed by atoms with Gasteiger partial charge in [0, 0.05) is 19.1 Å². The lowest BCUT2D eigenvalue weighted by Crippen LogP contribution is -2.42. The van der Waals surface area contributed by atoms with Crippen LogP contribution < -0.4 is 5.32 Å². The summed E-state index contributed by atoms with van der Waals surface area (Å²) in [4.78, 5) is 25.6. The monoisotopic (exact) mass is 280 g/mol. The minimum Gasteiger partial charge on any atom is -0.481 e. The van der Waals surface area contributed by atoms with E-state index in [1.807, 2.05) is 0 Å². The van der Waals surface area contributed by atoms with E-state index in [1.54, 1.807) is 4.90 Å². The van der Waals surface area contributed by atoms with E-state index in [0.717, 1.165) is 32.1 Å². The van der Waals surface area contributed by atoms with E-state index < -0.39 is 11.4 Å². The highest BCUT2D eigenvalue weighted by molar-refractivity contribution is 5.80. The van der Waals surface area contributed by atoms with Crippen LogP contribution in [0.2, 0.25) is 0 Å². The van der Waals surface area contributed by atoms with Gasteiger partial charge in [0.15, 0.2) is 0 Å². The maximum Gasteiger partial charge on any atom is 0.317 e. The molecule has 0 bridgehead atoms. The number of fused-ring (bicyclic) bond motifs is 1. The van der Waals surface area contributed by atoms with Crippen molar-refractivity contribution >= 4 is 12.0 Å². The molecular weight excluding hydrogens is 256 g/mol. The highest BCUT2D eigenvalue weighted by Gasteiger charge is 2.56. The number of carbonyl (C=O) groups is 2. The molecule has 0 aromatic carbocycles. The largest absolute Gasteiger partial charge is 0.481 e. The van der Waals surface area contributed by atoms with Crippen LogP contribution in [0.3, 0.4) is 0 Å². The van der Waals surface area contributed by atoms with Gasteiger partial charge in [-0.25, -0.2) is 4.79 Å². The third-order valence-electron chi connectivity index (χ3n) is 5.47. The van der Waals surface area contributed by atoms with Crippen molar-refractivity contribution in [3.05, 3.63) is 0 Å². The molecule has 5 nitrogen and oxygen atoms in total. The zero-order valence-corrected chi connectivity index (χ0v) is 12.1. The van der Waals surface area contributed by atoms with Crippen molar-refractivity contribution in [2.24, 2.45) is 17.3 Å². The Kier molecular flexibility index (Phi) is 3.38. The molecule has 3 aliphatic rings. The molecule has 0 radical (unpaired) electrons. The average molecular weight is 280 g/mol. The van der Waals surface area contributed by atoms with Crippen LogP contribution >= 0.6 is 0 Å². The number of amides is 2. The molecule has 112 valence electrons. The summed E-state index contributed by atoms with van der Waals surface area (Å²) in [6, 6.07) is 0.271. The number of aliphatic carboxylic acids is 1. The second-order valence-corrected chi connectivity index (χ2v) is 6.77. The summed E-state index contributed by atoms with van der Waals surface area (Å²) in [7, 11) is 0. The maximum atomic E-state index is 12.3. The summed E-state index contributed by atoms with van der Waals surface area (Å²) in [5.41, 5.74) is -0.663. The van der Waals surface area contributed by atoms with E-state index in [4.69, 9.17) is 0 Å². The third kappa shape index (κ3) is 2.17. The number of nitrogens with one attached hydrogen (secondary N) is 1. The number of hydrogen-bond donors (Lipinski definition) is 2. The fourth-order valence-corrected chi connectivity index (χ4v) is 4.16. The summed E-state index contributed by atoms with van der Waals surface area (Å²) < 4.78 is 0. The Morgan fingerprint density at radius 3 is 2.90 bits per heavy atom. The number of carboxylic acid groups (broad SMARTS) is 1. The molecule has 1 aliphatic heterocycles. The fraction of sp³-hybridized carbons (Fsp3) is 0.867. The van der Waals surface area contributed by atoms with Gasteiger partial charge in [0.1, 0.15) is 0 Å². The molecule has 1 heterocycles. The van der Waals surface area contributed by atoms with Crippen molar-refractivity contribution in [3.8, 4) is 0 Å². The minimum atomic E-state index is -0.717. The summed E-state index contributed by atoms with van der Waals surface area (Å²) in [6.45, 7) is 3.17. The first-order chi connectivity index (χ1) is 9.56. The Hall–Kier alpha value is -1.26. The SMILES string of the molecule is CCCC1CC1NC(=O)N1C[C@@H]2CCC[C@@]2(C(=O)O)C1.